The normalized spacial score (nSPS) is 19.7. The Hall–Kier alpha value is -2.89. The summed E-state index contributed by atoms with van der Waals surface area (Å²) in [6.07, 6.45) is -0.510. The van der Waals surface area contributed by atoms with Crippen LogP contribution in [0, 0.1) is 5.92 Å². The monoisotopic (exact) mass is 535 g/mol. The summed E-state index contributed by atoms with van der Waals surface area (Å²) in [7, 11) is 3.78. The molecule has 3 aromatic rings. The number of halogens is 3. The zero-order valence-electron chi connectivity index (χ0n) is 20.9. The van der Waals surface area contributed by atoms with E-state index in [0.717, 1.165) is 12.8 Å². The summed E-state index contributed by atoms with van der Waals surface area (Å²) < 4.78 is 34.9. The molecule has 0 bridgehead atoms. The molecular formula is C25H32ClF2N7O2. The molecule has 37 heavy (non-hydrogen) atoms. The number of likely N-dealkylation sites (N-methyl/N-ethyl adjacent to an activating group) is 1. The number of anilines is 2. The van der Waals surface area contributed by atoms with Gasteiger partial charge < -0.3 is 19.9 Å². The molecule has 1 N–H and O–H groups in total. The third-order valence-electron chi connectivity index (χ3n) is 6.62. The van der Waals surface area contributed by atoms with E-state index in [0.29, 0.717) is 73.8 Å². The van der Waals surface area contributed by atoms with Crippen molar-refractivity contribution in [3.63, 3.8) is 0 Å². The van der Waals surface area contributed by atoms with Gasteiger partial charge in [-0.3, -0.25) is 9.36 Å². The first kappa shape index (κ1) is 27.2. The average molecular weight is 536 g/mol. The average Bonchev–Trinajstić information content (AvgIpc) is 3.23. The number of ether oxygens (including phenoxy) is 1. The van der Waals surface area contributed by atoms with E-state index in [1.807, 2.05) is 19.0 Å². The lowest BCUT2D eigenvalue weighted by molar-refractivity contribution is -0.121. The van der Waals surface area contributed by atoms with Crippen LogP contribution in [0.5, 0.6) is 0 Å². The Bertz CT molecular complexity index is 1230. The molecule has 12 heteroatoms. The van der Waals surface area contributed by atoms with Crippen molar-refractivity contribution in [2.45, 2.75) is 31.7 Å². The second kappa shape index (κ2) is 11.7. The number of aromatic nitrogens is 4. The summed E-state index contributed by atoms with van der Waals surface area (Å²) in [4.78, 5) is 29.6. The van der Waals surface area contributed by atoms with E-state index in [9.17, 15) is 13.6 Å². The van der Waals surface area contributed by atoms with Gasteiger partial charge in [-0.05, 0) is 45.0 Å². The molecule has 2 aromatic heterocycles. The highest BCUT2D eigenvalue weighted by Gasteiger charge is 2.32. The molecule has 200 valence electrons. The van der Waals surface area contributed by atoms with Gasteiger partial charge in [0.2, 0.25) is 5.95 Å². The van der Waals surface area contributed by atoms with Gasteiger partial charge in [-0.1, -0.05) is 12.1 Å². The molecule has 5 rings (SSSR count). The van der Waals surface area contributed by atoms with Crippen LogP contribution in [0.4, 0.5) is 20.5 Å². The van der Waals surface area contributed by atoms with E-state index in [2.05, 4.69) is 20.2 Å². The molecule has 1 saturated carbocycles. The second-order valence-electron chi connectivity index (χ2n) is 9.76. The second-order valence-corrected chi connectivity index (χ2v) is 9.76. The zero-order valence-corrected chi connectivity index (χ0v) is 21.8. The minimum Gasteiger partial charge on any atom is -0.378 e. The molecule has 2 aliphatic rings. The number of Topliss-reactive ketones (excluding diaryl/α,β-unsaturated/α-hetero) is 1. The van der Waals surface area contributed by atoms with Crippen molar-refractivity contribution in [2.75, 3.05) is 57.2 Å². The number of rotatable bonds is 9. The van der Waals surface area contributed by atoms with Crippen molar-refractivity contribution in [3.05, 3.63) is 36.2 Å². The fourth-order valence-electron chi connectivity index (χ4n) is 4.93. The van der Waals surface area contributed by atoms with Gasteiger partial charge >= 0.3 is 0 Å². The summed E-state index contributed by atoms with van der Waals surface area (Å²) in [6.45, 7) is 2.91. The quantitative estimate of drug-likeness (QED) is 0.443. The van der Waals surface area contributed by atoms with Crippen molar-refractivity contribution in [3.8, 4) is 5.82 Å². The van der Waals surface area contributed by atoms with Gasteiger partial charge in [0.25, 0.3) is 6.43 Å². The number of hydrogen-bond acceptors (Lipinski definition) is 8. The third kappa shape index (κ3) is 6.16. The smallest absolute Gasteiger partial charge is 0.296 e. The summed E-state index contributed by atoms with van der Waals surface area (Å²) in [6, 6.07) is 8.92. The lowest BCUT2D eigenvalue weighted by Gasteiger charge is -2.36. The molecule has 9 nitrogen and oxygen atoms in total. The lowest BCUT2D eigenvalue weighted by Crippen LogP contribution is -2.39. The maximum absolute atomic E-state index is 14.0. The molecule has 0 unspecified atom stereocenters. The number of carbonyl (C=O) groups excluding carboxylic acids is 1. The first-order valence-electron chi connectivity index (χ1n) is 12.3. The van der Waals surface area contributed by atoms with E-state index in [1.165, 1.54) is 4.57 Å². The van der Waals surface area contributed by atoms with Gasteiger partial charge in [0.1, 0.15) is 17.4 Å². The van der Waals surface area contributed by atoms with Gasteiger partial charge in [0.05, 0.1) is 30.8 Å². The number of ketones is 1. The van der Waals surface area contributed by atoms with Crippen LogP contribution in [-0.2, 0) is 9.53 Å². The molecule has 3 heterocycles. The number of nitrogens with one attached hydrogen (secondary N) is 1. The number of morpholine rings is 1. The number of nitrogens with zero attached hydrogens (tertiary/aromatic N) is 6. The highest BCUT2D eigenvalue weighted by Crippen LogP contribution is 2.34. The lowest BCUT2D eigenvalue weighted by atomic mass is 9.77. The van der Waals surface area contributed by atoms with Gasteiger partial charge in [0.15, 0.2) is 5.82 Å². The number of carbonyl (C=O) groups is 1. The fourth-order valence-corrected chi connectivity index (χ4v) is 4.93. The summed E-state index contributed by atoms with van der Waals surface area (Å²) in [5.41, 5.74) is 1.05. The highest BCUT2D eigenvalue weighted by molar-refractivity contribution is 5.85. The molecule has 1 aliphatic heterocycles. The van der Waals surface area contributed by atoms with Crippen molar-refractivity contribution in [1.82, 2.24) is 24.4 Å². The molecular weight excluding hydrogens is 504 g/mol. The molecule has 1 aromatic carbocycles. The molecule has 0 amide bonds. The summed E-state index contributed by atoms with van der Waals surface area (Å²) in [5, 5.41) is 3.38. The number of fused-ring (bicyclic) bond motifs is 1. The molecule has 2 fully saturated rings. The van der Waals surface area contributed by atoms with Crippen LogP contribution in [0.2, 0.25) is 0 Å². The predicted molar refractivity (Wildman–Crippen MR) is 140 cm³/mol. The maximum atomic E-state index is 14.0. The predicted octanol–water partition coefficient (Wildman–Crippen LogP) is 3.72. The van der Waals surface area contributed by atoms with Gasteiger partial charge in [0, 0.05) is 31.6 Å². The minimum absolute atomic E-state index is 0. The third-order valence-corrected chi connectivity index (χ3v) is 6.62. The Morgan fingerprint density at radius 2 is 1.84 bits per heavy atom. The number of benzene rings is 1. The standard InChI is InChI=1S/C25H31F2N7O2.ClH/c1-32(2)15-18(35)13-16-11-17(12-16)28-25-30-21(33-7-9-36-10-8-33)14-22(31-25)34-20-6-4-3-5-19(20)29-24(34)23(26)27;/h3-6,14,16-17,23H,7-13,15H2,1-2H3,(H,28,30,31);1H. The Labute approximate surface area is 220 Å². The minimum atomic E-state index is -2.76. The fraction of sp³-hybridized carbons (Fsp3) is 0.520. The summed E-state index contributed by atoms with van der Waals surface area (Å²) >= 11 is 0. The van der Waals surface area contributed by atoms with E-state index < -0.39 is 6.43 Å². The zero-order chi connectivity index (χ0) is 25.2. The summed E-state index contributed by atoms with van der Waals surface area (Å²) in [5.74, 6) is 1.60. The number of para-hydroxylation sites is 2. The number of hydrogen-bond donors (Lipinski definition) is 1. The Morgan fingerprint density at radius 3 is 2.54 bits per heavy atom. The molecule has 1 aliphatic carbocycles. The van der Waals surface area contributed by atoms with Crippen molar-refractivity contribution in [2.24, 2.45) is 5.92 Å². The van der Waals surface area contributed by atoms with E-state index >= 15 is 0 Å². The SMILES string of the molecule is CN(C)CC(=O)CC1CC(Nc2nc(N3CCOCC3)cc(-n3c(C(F)F)nc4ccccc43)n2)C1.Cl. The number of imidazole rings is 1. The maximum Gasteiger partial charge on any atom is 0.296 e. The molecule has 0 spiro atoms. The van der Waals surface area contributed by atoms with Crippen molar-refractivity contribution >= 4 is 41.0 Å². The highest BCUT2D eigenvalue weighted by atomic mass is 35.5. The van der Waals surface area contributed by atoms with E-state index in [-0.39, 0.29) is 30.1 Å². The number of alkyl halides is 2. The molecule has 0 radical (unpaired) electrons. The topological polar surface area (TPSA) is 88.4 Å². The van der Waals surface area contributed by atoms with E-state index in [1.54, 1.807) is 30.3 Å². The van der Waals surface area contributed by atoms with Crippen LogP contribution in [0.3, 0.4) is 0 Å². The largest absolute Gasteiger partial charge is 0.378 e. The van der Waals surface area contributed by atoms with Gasteiger partial charge in [-0.15, -0.1) is 12.4 Å². The van der Waals surface area contributed by atoms with Gasteiger partial charge in [-0.2, -0.15) is 9.97 Å². The Morgan fingerprint density at radius 1 is 1.14 bits per heavy atom. The first-order chi connectivity index (χ1) is 17.4. The van der Waals surface area contributed by atoms with Crippen LogP contribution in [-0.4, -0.2) is 83.2 Å². The van der Waals surface area contributed by atoms with Crippen LogP contribution in [0.25, 0.3) is 16.9 Å². The Kier molecular flexibility index (Phi) is 8.56. The van der Waals surface area contributed by atoms with Crippen LogP contribution < -0.4 is 10.2 Å². The molecule has 1 saturated heterocycles. The Balaban J connectivity index is 0.00000320. The van der Waals surface area contributed by atoms with Crippen molar-refractivity contribution < 1.29 is 18.3 Å². The first-order valence-corrected chi connectivity index (χ1v) is 12.3. The van der Waals surface area contributed by atoms with Crippen LogP contribution >= 0.6 is 12.4 Å². The molecule has 0 atom stereocenters. The van der Waals surface area contributed by atoms with E-state index in [4.69, 9.17) is 9.72 Å². The van der Waals surface area contributed by atoms with Crippen LogP contribution in [0.1, 0.15) is 31.5 Å². The van der Waals surface area contributed by atoms with Gasteiger partial charge in [-0.25, -0.2) is 13.8 Å². The van der Waals surface area contributed by atoms with Crippen LogP contribution in [0.15, 0.2) is 30.3 Å². The van der Waals surface area contributed by atoms with Crippen molar-refractivity contribution in [1.29, 1.82) is 0 Å².